The Morgan fingerprint density at radius 2 is 1.80 bits per heavy atom. The van der Waals surface area contributed by atoms with Crippen LogP contribution in [0.4, 0.5) is 5.69 Å². The lowest BCUT2D eigenvalue weighted by atomic mass is 9.83. The fourth-order valence-electron chi connectivity index (χ4n) is 2.98. The Morgan fingerprint density at radius 1 is 1.15 bits per heavy atom. The summed E-state index contributed by atoms with van der Waals surface area (Å²) in [4.78, 5) is 16.8. The lowest BCUT2D eigenvalue weighted by Gasteiger charge is -2.25. The zero-order valence-corrected chi connectivity index (χ0v) is 13.6. The number of hydrogen-bond donors (Lipinski definition) is 0. The second-order valence-electron chi connectivity index (χ2n) is 5.61. The van der Waals surface area contributed by atoms with E-state index >= 15 is 0 Å². The Kier molecular flexibility index (Phi) is 2.95. The number of likely N-dealkylation sites (N-methyl/N-ethyl adjacent to an activating group) is 2. The molecule has 1 fully saturated rings. The van der Waals surface area contributed by atoms with Crippen molar-refractivity contribution in [2.45, 2.75) is 19.3 Å². The van der Waals surface area contributed by atoms with E-state index < -0.39 is 0 Å². The summed E-state index contributed by atoms with van der Waals surface area (Å²) >= 11 is 6.65. The highest BCUT2D eigenvalue weighted by Crippen LogP contribution is 2.50. The molecule has 2 aliphatic rings. The monoisotopic (exact) mass is 304 g/mol. The molecule has 20 heavy (non-hydrogen) atoms. The molecule has 2 heterocycles. The van der Waals surface area contributed by atoms with E-state index in [0.29, 0.717) is 4.32 Å². The zero-order valence-electron chi connectivity index (χ0n) is 11.9. The highest BCUT2D eigenvalue weighted by molar-refractivity contribution is 8.26. The normalized spacial score (nSPS) is 24.6. The first-order chi connectivity index (χ1) is 9.35. The first-order valence-corrected chi connectivity index (χ1v) is 7.66. The smallest absolute Gasteiger partial charge is 0.267 e. The van der Waals surface area contributed by atoms with Crippen molar-refractivity contribution in [1.29, 1.82) is 0 Å². The molecule has 104 valence electrons. The Morgan fingerprint density at radius 3 is 2.35 bits per heavy atom. The molecule has 5 heteroatoms. The lowest BCUT2D eigenvalue weighted by Crippen LogP contribution is -2.28. The topological polar surface area (TPSA) is 23.6 Å². The van der Waals surface area contributed by atoms with Crippen molar-refractivity contribution in [1.82, 2.24) is 4.90 Å². The van der Waals surface area contributed by atoms with Crippen molar-refractivity contribution in [3.05, 3.63) is 40.4 Å². The number of amides is 1. The summed E-state index contributed by atoms with van der Waals surface area (Å²) in [5, 5.41) is 0. The van der Waals surface area contributed by atoms with Crippen LogP contribution in [-0.2, 0) is 10.2 Å². The van der Waals surface area contributed by atoms with E-state index in [-0.39, 0.29) is 11.3 Å². The van der Waals surface area contributed by atoms with Gasteiger partial charge in [-0.15, -0.1) is 0 Å². The van der Waals surface area contributed by atoms with Gasteiger partial charge in [-0.05, 0) is 11.6 Å². The largest absolute Gasteiger partial charge is 0.346 e. The predicted molar refractivity (Wildman–Crippen MR) is 87.9 cm³/mol. The molecule has 0 atom stereocenters. The molecule has 0 saturated carbocycles. The van der Waals surface area contributed by atoms with Crippen LogP contribution in [0.25, 0.3) is 0 Å². The maximum Gasteiger partial charge on any atom is 0.267 e. The van der Waals surface area contributed by atoms with E-state index in [1.54, 1.807) is 11.9 Å². The van der Waals surface area contributed by atoms with Gasteiger partial charge in [0.2, 0.25) is 0 Å². The standard InChI is InChI=1S/C15H16N2OS2/c1-15(2)9-7-5-6-8-10(9)16(3)12(15)11-13(18)17(4)14(19)20-11/h5-8H,1-4H3/b12-11+. The Labute approximate surface area is 128 Å². The fourth-order valence-corrected chi connectivity index (χ4v) is 4.42. The van der Waals surface area contributed by atoms with E-state index in [2.05, 4.69) is 30.9 Å². The number of fused-ring (bicyclic) bond motifs is 1. The molecule has 3 rings (SSSR count). The number of thioether (sulfide) groups is 1. The summed E-state index contributed by atoms with van der Waals surface area (Å²) < 4.78 is 0.623. The average Bonchev–Trinajstić information content (AvgIpc) is 2.77. The first-order valence-electron chi connectivity index (χ1n) is 6.43. The van der Waals surface area contributed by atoms with Crippen LogP contribution in [0.3, 0.4) is 0 Å². The number of hydrogen-bond acceptors (Lipinski definition) is 4. The van der Waals surface area contributed by atoms with E-state index in [0.717, 1.165) is 16.3 Å². The fraction of sp³-hybridized carbons (Fsp3) is 0.333. The molecule has 1 amide bonds. The van der Waals surface area contributed by atoms with Crippen LogP contribution in [0.2, 0.25) is 0 Å². The summed E-state index contributed by atoms with van der Waals surface area (Å²) in [5.74, 6) is 0.00253. The van der Waals surface area contributed by atoms with E-state index in [9.17, 15) is 4.79 Å². The van der Waals surface area contributed by atoms with Crippen LogP contribution in [0.15, 0.2) is 34.9 Å². The molecule has 0 aromatic heterocycles. The molecular weight excluding hydrogens is 288 g/mol. The second kappa shape index (κ2) is 4.33. The summed E-state index contributed by atoms with van der Waals surface area (Å²) in [6.45, 7) is 4.32. The van der Waals surface area contributed by atoms with Crippen molar-refractivity contribution in [3.8, 4) is 0 Å². The van der Waals surface area contributed by atoms with E-state index in [1.807, 2.05) is 19.2 Å². The van der Waals surface area contributed by atoms with Gasteiger partial charge in [0.15, 0.2) is 0 Å². The van der Waals surface area contributed by atoms with Crippen molar-refractivity contribution in [3.63, 3.8) is 0 Å². The van der Waals surface area contributed by atoms with Crippen LogP contribution >= 0.6 is 24.0 Å². The van der Waals surface area contributed by atoms with Crippen molar-refractivity contribution in [2.75, 3.05) is 19.0 Å². The summed E-state index contributed by atoms with van der Waals surface area (Å²) in [7, 11) is 3.76. The van der Waals surface area contributed by atoms with Crippen LogP contribution in [0.5, 0.6) is 0 Å². The third-order valence-corrected chi connectivity index (χ3v) is 5.59. The number of thiocarbonyl (C=S) groups is 1. The third kappa shape index (κ3) is 1.66. The summed E-state index contributed by atoms with van der Waals surface area (Å²) in [6, 6.07) is 8.30. The van der Waals surface area contributed by atoms with Gasteiger partial charge < -0.3 is 4.90 Å². The maximum atomic E-state index is 12.4. The molecule has 0 spiro atoms. The minimum absolute atomic E-state index is 0.00253. The zero-order chi connectivity index (χ0) is 14.7. The van der Waals surface area contributed by atoms with Gasteiger partial charge in [-0.2, -0.15) is 0 Å². The Bertz CT molecular complexity index is 664. The second-order valence-corrected chi connectivity index (χ2v) is 7.26. The molecular formula is C15H16N2OS2. The van der Waals surface area contributed by atoms with Gasteiger partial charge in [-0.25, -0.2) is 0 Å². The number of carbonyl (C=O) groups is 1. The molecule has 0 bridgehead atoms. The van der Waals surface area contributed by atoms with E-state index in [1.165, 1.54) is 17.3 Å². The number of para-hydroxylation sites is 1. The van der Waals surface area contributed by atoms with Gasteiger partial charge in [0.25, 0.3) is 5.91 Å². The van der Waals surface area contributed by atoms with Crippen LogP contribution < -0.4 is 4.90 Å². The van der Waals surface area contributed by atoms with Gasteiger partial charge in [0, 0.05) is 30.9 Å². The number of allylic oxidation sites excluding steroid dienone is 1. The van der Waals surface area contributed by atoms with Crippen LogP contribution in [-0.4, -0.2) is 29.2 Å². The van der Waals surface area contributed by atoms with Crippen molar-refractivity contribution in [2.24, 2.45) is 0 Å². The number of rotatable bonds is 0. The molecule has 1 aromatic rings. The summed E-state index contributed by atoms with van der Waals surface area (Å²) in [5.41, 5.74) is 3.26. The minimum Gasteiger partial charge on any atom is -0.346 e. The number of benzene rings is 1. The Hall–Kier alpha value is -1.33. The van der Waals surface area contributed by atoms with Crippen molar-refractivity contribution < 1.29 is 4.79 Å². The van der Waals surface area contributed by atoms with E-state index in [4.69, 9.17) is 12.2 Å². The molecule has 0 N–H and O–H groups in total. The maximum absolute atomic E-state index is 12.4. The average molecular weight is 304 g/mol. The molecule has 1 saturated heterocycles. The van der Waals surface area contributed by atoms with Gasteiger partial charge in [-0.3, -0.25) is 9.69 Å². The molecule has 0 radical (unpaired) electrons. The first kappa shape index (κ1) is 13.6. The molecule has 0 aliphatic carbocycles. The van der Waals surface area contributed by atoms with Crippen molar-refractivity contribution >= 4 is 39.9 Å². The quantitative estimate of drug-likeness (QED) is 0.543. The van der Waals surface area contributed by atoms with Gasteiger partial charge >= 0.3 is 0 Å². The van der Waals surface area contributed by atoms with Crippen LogP contribution in [0, 0.1) is 0 Å². The molecule has 3 nitrogen and oxygen atoms in total. The molecule has 0 unspecified atom stereocenters. The number of nitrogens with zero attached hydrogens (tertiary/aromatic N) is 2. The Balaban J connectivity index is 2.23. The minimum atomic E-state index is -0.190. The van der Waals surface area contributed by atoms with Gasteiger partial charge in [0.1, 0.15) is 9.23 Å². The number of carbonyl (C=O) groups excluding carboxylic acids is 1. The number of anilines is 1. The third-order valence-electron chi connectivity index (χ3n) is 4.04. The lowest BCUT2D eigenvalue weighted by molar-refractivity contribution is -0.121. The SMILES string of the molecule is CN1C(=O)/C(=C2\N(C)c3ccccc3C2(C)C)SC1=S. The molecule has 1 aromatic carbocycles. The predicted octanol–water partition coefficient (Wildman–Crippen LogP) is 3.12. The van der Waals surface area contributed by atoms with Crippen LogP contribution in [0.1, 0.15) is 19.4 Å². The molecule has 2 aliphatic heterocycles. The highest BCUT2D eigenvalue weighted by Gasteiger charge is 2.44. The highest BCUT2D eigenvalue weighted by atomic mass is 32.2. The summed E-state index contributed by atoms with van der Waals surface area (Å²) in [6.07, 6.45) is 0. The van der Waals surface area contributed by atoms with Gasteiger partial charge in [-0.1, -0.05) is 56.0 Å². The van der Waals surface area contributed by atoms with Gasteiger partial charge in [0.05, 0.1) is 0 Å².